The Balaban J connectivity index is 1.83. The maximum Gasteiger partial charge on any atom is 0.329 e. The van der Waals surface area contributed by atoms with E-state index in [1.54, 1.807) is 43.5 Å². The van der Waals surface area contributed by atoms with Crippen LogP contribution in [0.1, 0.15) is 11.1 Å². The van der Waals surface area contributed by atoms with Gasteiger partial charge in [0.15, 0.2) is 0 Å². The van der Waals surface area contributed by atoms with Gasteiger partial charge in [0.05, 0.1) is 13.7 Å². The first-order valence-electron chi connectivity index (χ1n) is 7.30. The maximum atomic E-state index is 12.5. The number of para-hydroxylation sites is 1. The van der Waals surface area contributed by atoms with Crippen LogP contribution in [0, 0.1) is 0 Å². The second-order valence-corrected chi connectivity index (χ2v) is 5.68. The molecular weight excluding hydrogens is 328 g/mol. The fourth-order valence-corrected chi connectivity index (χ4v) is 2.55. The van der Waals surface area contributed by atoms with Crippen molar-refractivity contribution in [2.75, 3.05) is 7.11 Å². The number of methoxy groups -OCH3 is 1. The fourth-order valence-electron chi connectivity index (χ4n) is 2.43. The molecule has 0 bridgehead atoms. The van der Waals surface area contributed by atoms with Crippen molar-refractivity contribution in [3.05, 3.63) is 70.4 Å². The summed E-state index contributed by atoms with van der Waals surface area (Å²) in [5.41, 5.74) is 1.76. The van der Waals surface area contributed by atoms with E-state index in [2.05, 4.69) is 5.32 Å². The predicted octanol–water partition coefficient (Wildman–Crippen LogP) is 3.44. The minimum atomic E-state index is -0.448. The molecule has 24 heavy (non-hydrogen) atoms. The Hall–Kier alpha value is -2.79. The number of carbonyl (C=O) groups excluding carboxylic acids is 2. The van der Waals surface area contributed by atoms with Gasteiger partial charge in [-0.05, 0) is 29.8 Å². The van der Waals surface area contributed by atoms with Crippen molar-refractivity contribution in [2.24, 2.45) is 0 Å². The maximum absolute atomic E-state index is 12.5. The van der Waals surface area contributed by atoms with Crippen molar-refractivity contribution < 1.29 is 14.3 Å². The molecule has 2 aromatic carbocycles. The van der Waals surface area contributed by atoms with Crippen LogP contribution in [-0.4, -0.2) is 23.9 Å². The van der Waals surface area contributed by atoms with E-state index in [-0.39, 0.29) is 18.1 Å². The molecule has 1 N–H and O–H groups in total. The highest BCUT2D eigenvalue weighted by atomic mass is 35.5. The van der Waals surface area contributed by atoms with E-state index in [1.807, 2.05) is 18.2 Å². The number of benzene rings is 2. The third-order valence-corrected chi connectivity index (χ3v) is 3.91. The van der Waals surface area contributed by atoms with Gasteiger partial charge in [0.1, 0.15) is 11.4 Å². The minimum Gasteiger partial charge on any atom is -0.496 e. The van der Waals surface area contributed by atoms with Crippen molar-refractivity contribution in [1.82, 2.24) is 10.2 Å². The Morgan fingerprint density at radius 2 is 1.83 bits per heavy atom. The Labute approximate surface area is 144 Å². The molecule has 1 fully saturated rings. The second-order valence-electron chi connectivity index (χ2n) is 5.25. The Bertz CT molecular complexity index is 815. The second kappa shape index (κ2) is 6.76. The summed E-state index contributed by atoms with van der Waals surface area (Å²) in [6.07, 6.45) is 1.61. The minimum absolute atomic E-state index is 0.186. The number of ether oxygens (including phenoxy) is 1. The molecule has 2 aromatic rings. The highest BCUT2D eigenvalue weighted by Crippen LogP contribution is 2.23. The van der Waals surface area contributed by atoms with E-state index in [9.17, 15) is 9.59 Å². The molecule has 0 atom stereocenters. The molecule has 0 unspecified atom stereocenters. The van der Waals surface area contributed by atoms with Crippen molar-refractivity contribution in [3.8, 4) is 5.75 Å². The van der Waals surface area contributed by atoms with Crippen LogP contribution in [0.5, 0.6) is 5.75 Å². The average Bonchev–Trinajstić information content (AvgIpc) is 2.85. The topological polar surface area (TPSA) is 58.6 Å². The largest absolute Gasteiger partial charge is 0.496 e. The molecule has 122 valence electrons. The Morgan fingerprint density at radius 3 is 2.54 bits per heavy atom. The van der Waals surface area contributed by atoms with Gasteiger partial charge in [-0.2, -0.15) is 0 Å². The number of rotatable bonds is 4. The van der Waals surface area contributed by atoms with Crippen LogP contribution in [-0.2, 0) is 11.3 Å². The zero-order valence-electron chi connectivity index (χ0n) is 13.0. The van der Waals surface area contributed by atoms with Crippen molar-refractivity contribution >= 4 is 29.6 Å². The molecule has 1 heterocycles. The van der Waals surface area contributed by atoms with Gasteiger partial charge in [0, 0.05) is 10.6 Å². The van der Waals surface area contributed by atoms with Crippen LogP contribution in [0.3, 0.4) is 0 Å². The van der Waals surface area contributed by atoms with Gasteiger partial charge in [-0.3, -0.25) is 9.69 Å². The fraction of sp³-hybridized carbons (Fsp3) is 0.111. The number of hydrogen-bond acceptors (Lipinski definition) is 3. The van der Waals surface area contributed by atoms with Crippen LogP contribution in [0.2, 0.25) is 5.02 Å². The van der Waals surface area contributed by atoms with Crippen LogP contribution in [0.15, 0.2) is 54.2 Å². The molecule has 0 saturated carbocycles. The molecule has 0 aliphatic carbocycles. The zero-order valence-corrected chi connectivity index (χ0v) is 13.7. The van der Waals surface area contributed by atoms with E-state index in [1.165, 1.54) is 0 Å². The van der Waals surface area contributed by atoms with E-state index < -0.39 is 6.03 Å². The number of halogens is 1. The third-order valence-electron chi connectivity index (χ3n) is 3.66. The Morgan fingerprint density at radius 1 is 1.12 bits per heavy atom. The molecule has 1 aliphatic heterocycles. The summed E-state index contributed by atoms with van der Waals surface area (Å²) in [5, 5.41) is 3.21. The van der Waals surface area contributed by atoms with Crippen molar-refractivity contribution in [2.45, 2.75) is 6.54 Å². The number of imide groups is 1. The van der Waals surface area contributed by atoms with Gasteiger partial charge in [0.25, 0.3) is 5.91 Å². The summed E-state index contributed by atoms with van der Waals surface area (Å²) < 4.78 is 5.26. The predicted molar refractivity (Wildman–Crippen MR) is 91.5 cm³/mol. The van der Waals surface area contributed by atoms with Crippen molar-refractivity contribution in [3.63, 3.8) is 0 Å². The first-order valence-corrected chi connectivity index (χ1v) is 7.68. The third kappa shape index (κ3) is 3.26. The number of nitrogens with zero attached hydrogens (tertiary/aromatic N) is 1. The first kappa shape index (κ1) is 16.1. The standard InChI is InChI=1S/C18H15ClN2O3/c1-24-16-5-3-2-4-13(16)10-15-17(22)21(18(23)20-15)11-12-6-8-14(19)9-7-12/h2-10H,11H2,1H3,(H,20,23)/b15-10-. The van der Waals surface area contributed by atoms with E-state index in [0.717, 1.165) is 16.0 Å². The number of amides is 3. The average molecular weight is 343 g/mol. The van der Waals surface area contributed by atoms with Gasteiger partial charge in [0.2, 0.25) is 0 Å². The summed E-state index contributed by atoms with van der Waals surface area (Å²) in [7, 11) is 1.55. The Kier molecular flexibility index (Phi) is 4.53. The van der Waals surface area contributed by atoms with E-state index in [0.29, 0.717) is 10.8 Å². The summed E-state index contributed by atoms with van der Waals surface area (Å²) in [6, 6.07) is 13.8. The molecule has 5 nitrogen and oxygen atoms in total. The van der Waals surface area contributed by atoms with Gasteiger partial charge in [-0.15, -0.1) is 0 Å². The highest BCUT2D eigenvalue weighted by molar-refractivity contribution is 6.30. The highest BCUT2D eigenvalue weighted by Gasteiger charge is 2.33. The molecule has 0 aromatic heterocycles. The van der Waals surface area contributed by atoms with Crippen molar-refractivity contribution in [1.29, 1.82) is 0 Å². The number of hydrogen-bond donors (Lipinski definition) is 1. The lowest BCUT2D eigenvalue weighted by Gasteiger charge is -2.11. The van der Waals surface area contributed by atoms with Gasteiger partial charge < -0.3 is 10.1 Å². The summed E-state index contributed by atoms with van der Waals surface area (Å²) >= 11 is 5.85. The number of urea groups is 1. The van der Waals surface area contributed by atoms with Gasteiger partial charge >= 0.3 is 6.03 Å². The van der Waals surface area contributed by atoms with Gasteiger partial charge in [-0.1, -0.05) is 41.9 Å². The number of nitrogens with one attached hydrogen (secondary N) is 1. The van der Waals surface area contributed by atoms with Crippen LogP contribution >= 0.6 is 11.6 Å². The lowest BCUT2D eigenvalue weighted by molar-refractivity contribution is -0.123. The quantitative estimate of drug-likeness (QED) is 0.684. The first-order chi connectivity index (χ1) is 11.6. The SMILES string of the molecule is COc1ccccc1/C=C1\NC(=O)N(Cc2ccc(Cl)cc2)C1=O. The monoisotopic (exact) mass is 342 g/mol. The number of carbonyl (C=O) groups is 2. The summed E-state index contributed by atoms with van der Waals surface area (Å²) in [6.45, 7) is 0.186. The van der Waals surface area contributed by atoms with Gasteiger partial charge in [-0.25, -0.2) is 4.79 Å². The van der Waals surface area contributed by atoms with Crippen LogP contribution < -0.4 is 10.1 Å². The molecule has 6 heteroatoms. The normalized spacial score (nSPS) is 15.8. The molecule has 0 radical (unpaired) electrons. The lowest BCUT2D eigenvalue weighted by atomic mass is 10.1. The van der Waals surface area contributed by atoms with Crippen LogP contribution in [0.4, 0.5) is 4.79 Å². The van der Waals surface area contributed by atoms with Crippen LogP contribution in [0.25, 0.3) is 6.08 Å². The molecule has 3 rings (SSSR count). The smallest absolute Gasteiger partial charge is 0.329 e. The van der Waals surface area contributed by atoms with E-state index in [4.69, 9.17) is 16.3 Å². The summed E-state index contributed by atoms with van der Waals surface area (Å²) in [4.78, 5) is 25.8. The van der Waals surface area contributed by atoms with E-state index >= 15 is 0 Å². The molecular formula is C18H15ClN2O3. The molecule has 1 aliphatic rings. The molecule has 3 amide bonds. The lowest BCUT2D eigenvalue weighted by Crippen LogP contribution is -2.30. The summed E-state index contributed by atoms with van der Waals surface area (Å²) in [5.74, 6) is 0.254. The molecule has 1 saturated heterocycles. The molecule has 0 spiro atoms. The zero-order chi connectivity index (χ0) is 17.1.